The summed E-state index contributed by atoms with van der Waals surface area (Å²) in [6.07, 6.45) is 0.860. The van der Waals surface area contributed by atoms with Crippen molar-refractivity contribution in [3.8, 4) is 0 Å². The second kappa shape index (κ2) is 8.41. The highest BCUT2D eigenvalue weighted by Crippen LogP contribution is 2.29. The number of imide groups is 1. The molecule has 3 heterocycles. The van der Waals surface area contributed by atoms with Crippen molar-refractivity contribution in [2.75, 3.05) is 0 Å². The summed E-state index contributed by atoms with van der Waals surface area (Å²) in [5, 5.41) is 7.66. The molecule has 2 aromatic rings. The van der Waals surface area contributed by atoms with Gasteiger partial charge in [0.05, 0.1) is 11.6 Å². The maximum atomic E-state index is 11.9. The molecule has 23 heavy (non-hydrogen) atoms. The zero-order valence-electron chi connectivity index (χ0n) is 14.8. The lowest BCUT2D eigenvalue weighted by atomic mass is 9.93. The van der Waals surface area contributed by atoms with E-state index >= 15 is 0 Å². The molecule has 0 bridgehead atoms. The molecular weight excluding hydrogens is 292 g/mol. The van der Waals surface area contributed by atoms with Gasteiger partial charge >= 0.3 is 0 Å². The summed E-state index contributed by atoms with van der Waals surface area (Å²) in [6.45, 7) is 9.91. The van der Waals surface area contributed by atoms with Crippen molar-refractivity contribution in [3.05, 3.63) is 23.5 Å². The minimum atomic E-state index is -0.370. The molecule has 3 rings (SSSR count). The molecule has 1 saturated heterocycles. The number of amides is 2. The lowest BCUT2D eigenvalue weighted by Crippen LogP contribution is -2.39. The zero-order chi connectivity index (χ0) is 17.6. The third kappa shape index (κ3) is 3.94. The number of aryl methyl sites for hydroxylation is 2. The van der Waals surface area contributed by atoms with E-state index in [-0.39, 0.29) is 17.7 Å². The maximum absolute atomic E-state index is 11.9. The molecule has 0 aliphatic carbocycles. The average Bonchev–Trinajstić information content (AvgIpc) is 2.88. The van der Waals surface area contributed by atoms with Crippen LogP contribution in [0.25, 0.3) is 11.0 Å². The molecule has 1 aliphatic rings. The van der Waals surface area contributed by atoms with E-state index in [9.17, 15) is 9.59 Å². The fraction of sp³-hybridized carbons (Fsp3) is 0.529. The van der Waals surface area contributed by atoms with Crippen LogP contribution in [-0.2, 0) is 16.6 Å². The predicted molar refractivity (Wildman–Crippen MR) is 91.1 cm³/mol. The largest absolute Gasteiger partial charge is 0.296 e. The number of piperidine rings is 1. The van der Waals surface area contributed by atoms with E-state index in [1.54, 1.807) is 4.68 Å². The standard InChI is InChI=1S/C13H14N4O2.2C2H6/c1-7-3-4-8-11(16-17(2)12(8)14-7)9-5-6-10(18)15-13(9)19;2*1-2/h3-4,9H,5-6H2,1-2H3,(H,15,18,19);2*1-2H3. The van der Waals surface area contributed by atoms with Crippen LogP contribution in [0.4, 0.5) is 0 Å². The Labute approximate surface area is 137 Å². The van der Waals surface area contributed by atoms with E-state index in [1.165, 1.54) is 0 Å². The Balaban J connectivity index is 0.000000615. The van der Waals surface area contributed by atoms with Crippen LogP contribution in [0.15, 0.2) is 12.1 Å². The molecule has 6 heteroatoms. The number of hydrogen-bond acceptors (Lipinski definition) is 4. The second-order valence-electron chi connectivity index (χ2n) is 4.84. The third-order valence-electron chi connectivity index (χ3n) is 3.42. The van der Waals surface area contributed by atoms with E-state index in [2.05, 4.69) is 15.4 Å². The van der Waals surface area contributed by atoms with E-state index in [1.807, 2.05) is 53.8 Å². The molecule has 0 spiro atoms. The number of pyridine rings is 1. The fourth-order valence-corrected chi connectivity index (χ4v) is 2.46. The molecule has 2 aromatic heterocycles. The van der Waals surface area contributed by atoms with Gasteiger partial charge in [-0.1, -0.05) is 27.7 Å². The molecular formula is C17H26N4O2. The van der Waals surface area contributed by atoms with Crippen molar-refractivity contribution in [1.82, 2.24) is 20.1 Å². The van der Waals surface area contributed by atoms with Crippen molar-refractivity contribution in [2.24, 2.45) is 7.05 Å². The van der Waals surface area contributed by atoms with Crippen LogP contribution >= 0.6 is 0 Å². The summed E-state index contributed by atoms with van der Waals surface area (Å²) in [6, 6.07) is 3.84. The molecule has 1 unspecified atom stereocenters. The van der Waals surface area contributed by atoms with Crippen molar-refractivity contribution < 1.29 is 9.59 Å². The molecule has 6 nitrogen and oxygen atoms in total. The highest BCUT2D eigenvalue weighted by atomic mass is 16.2. The van der Waals surface area contributed by atoms with Crippen LogP contribution in [-0.4, -0.2) is 26.6 Å². The van der Waals surface area contributed by atoms with Crippen LogP contribution in [0, 0.1) is 6.92 Å². The Morgan fingerprint density at radius 1 is 1.17 bits per heavy atom. The highest BCUT2D eigenvalue weighted by molar-refractivity contribution is 6.02. The number of hydrogen-bond donors (Lipinski definition) is 1. The van der Waals surface area contributed by atoms with E-state index < -0.39 is 0 Å². The van der Waals surface area contributed by atoms with Gasteiger partial charge in [-0.2, -0.15) is 5.10 Å². The maximum Gasteiger partial charge on any atom is 0.235 e. The van der Waals surface area contributed by atoms with Gasteiger partial charge in [-0.3, -0.25) is 19.6 Å². The zero-order valence-corrected chi connectivity index (χ0v) is 14.8. The normalized spacial score (nSPS) is 16.9. The van der Waals surface area contributed by atoms with Gasteiger partial charge < -0.3 is 0 Å². The van der Waals surface area contributed by atoms with Gasteiger partial charge in [-0.25, -0.2) is 4.98 Å². The first-order chi connectivity index (χ1) is 11.1. The smallest absolute Gasteiger partial charge is 0.235 e. The number of carbonyl (C=O) groups excluding carboxylic acids is 2. The summed E-state index contributed by atoms with van der Waals surface area (Å²) >= 11 is 0. The number of rotatable bonds is 1. The molecule has 1 atom stereocenters. The first-order valence-electron chi connectivity index (χ1n) is 8.20. The van der Waals surface area contributed by atoms with Gasteiger partial charge in [0.15, 0.2) is 5.65 Å². The highest BCUT2D eigenvalue weighted by Gasteiger charge is 2.31. The third-order valence-corrected chi connectivity index (χ3v) is 3.42. The topological polar surface area (TPSA) is 76.9 Å². The van der Waals surface area contributed by atoms with Crippen LogP contribution in [0.3, 0.4) is 0 Å². The SMILES string of the molecule is CC.CC.Cc1ccc2c(C3CCC(=O)NC3=O)nn(C)c2n1. The quantitative estimate of drug-likeness (QED) is 0.820. The first kappa shape index (κ1) is 18.8. The molecule has 1 N–H and O–H groups in total. The van der Waals surface area contributed by atoms with Crippen LogP contribution in [0.5, 0.6) is 0 Å². The fourth-order valence-electron chi connectivity index (χ4n) is 2.46. The average molecular weight is 318 g/mol. The van der Waals surface area contributed by atoms with Crippen molar-refractivity contribution in [2.45, 2.75) is 53.4 Å². The number of fused-ring (bicyclic) bond motifs is 1. The van der Waals surface area contributed by atoms with Gasteiger partial charge in [0.25, 0.3) is 0 Å². The monoisotopic (exact) mass is 318 g/mol. The summed E-state index contributed by atoms with van der Waals surface area (Å²) in [4.78, 5) is 27.5. The molecule has 0 radical (unpaired) electrons. The molecule has 126 valence electrons. The minimum absolute atomic E-state index is 0.213. The summed E-state index contributed by atoms with van der Waals surface area (Å²) in [5.41, 5.74) is 2.38. The predicted octanol–water partition coefficient (Wildman–Crippen LogP) is 2.85. The van der Waals surface area contributed by atoms with Crippen molar-refractivity contribution in [1.29, 1.82) is 0 Å². The summed E-state index contributed by atoms with van der Waals surface area (Å²) in [7, 11) is 1.81. The lowest BCUT2D eigenvalue weighted by Gasteiger charge is -2.19. The van der Waals surface area contributed by atoms with Crippen LogP contribution in [0.1, 0.15) is 57.8 Å². The lowest BCUT2D eigenvalue weighted by molar-refractivity contribution is -0.134. The van der Waals surface area contributed by atoms with Gasteiger partial charge in [0, 0.05) is 24.5 Å². The minimum Gasteiger partial charge on any atom is -0.296 e. The van der Waals surface area contributed by atoms with Crippen molar-refractivity contribution >= 4 is 22.8 Å². The first-order valence-corrected chi connectivity index (χ1v) is 8.20. The number of nitrogens with one attached hydrogen (secondary N) is 1. The van der Waals surface area contributed by atoms with Crippen molar-refractivity contribution in [3.63, 3.8) is 0 Å². The number of nitrogens with zero attached hydrogens (tertiary/aromatic N) is 3. The van der Waals surface area contributed by atoms with E-state index in [0.717, 1.165) is 16.7 Å². The van der Waals surface area contributed by atoms with Gasteiger partial charge in [0.2, 0.25) is 11.8 Å². The Bertz CT molecular complexity index is 691. The summed E-state index contributed by atoms with van der Waals surface area (Å²) in [5.74, 6) is -0.849. The van der Waals surface area contributed by atoms with Crippen LogP contribution < -0.4 is 5.32 Å². The molecule has 0 aromatic carbocycles. The van der Waals surface area contributed by atoms with Gasteiger partial charge in [-0.15, -0.1) is 0 Å². The number of carbonyl (C=O) groups is 2. The molecule has 0 saturated carbocycles. The molecule has 1 fully saturated rings. The Kier molecular flexibility index (Phi) is 6.88. The number of aromatic nitrogens is 3. The Morgan fingerprint density at radius 3 is 2.43 bits per heavy atom. The second-order valence-corrected chi connectivity index (χ2v) is 4.84. The van der Waals surface area contributed by atoms with Gasteiger partial charge in [-0.05, 0) is 25.5 Å². The summed E-state index contributed by atoms with van der Waals surface area (Å²) < 4.78 is 1.68. The van der Waals surface area contributed by atoms with Gasteiger partial charge in [0.1, 0.15) is 0 Å². The Morgan fingerprint density at radius 2 is 1.83 bits per heavy atom. The van der Waals surface area contributed by atoms with E-state index in [4.69, 9.17) is 0 Å². The Hall–Kier alpha value is -2.24. The molecule has 2 amide bonds. The van der Waals surface area contributed by atoms with Crippen LogP contribution in [0.2, 0.25) is 0 Å². The van der Waals surface area contributed by atoms with E-state index in [0.29, 0.717) is 18.5 Å². The molecule has 1 aliphatic heterocycles.